The summed E-state index contributed by atoms with van der Waals surface area (Å²) in [6.45, 7) is 13.5. The standard InChI is InChI=1S/C40H55N9O6S/c1-7-16-43-46-36(52)29-12-14-30(15-13-29)47-17-19-48(20-18-47)39(55)41-22-33(51)45-35(40(4,5)6)38(54)49-23-31(50)21-32(49)37(53)44-25(2)27-8-10-28(11-9-27)34-26(3)42-24-56-34/h8-15,24-25,31-32,35,43,50H,7,16-23H2,1-6H3,(H,41,55)(H,44,53)(H,45,51)(H,46,52)/t25-,31+,32?,35+/m0/s1. The third kappa shape index (κ3) is 10.6. The van der Waals surface area contributed by atoms with Crippen molar-refractivity contribution in [2.75, 3.05) is 50.7 Å². The van der Waals surface area contributed by atoms with Crippen LogP contribution in [0.25, 0.3) is 10.4 Å². The summed E-state index contributed by atoms with van der Waals surface area (Å²) in [6.07, 6.45) is 0.0687. The van der Waals surface area contributed by atoms with E-state index in [2.05, 4.69) is 36.7 Å². The van der Waals surface area contributed by atoms with E-state index in [4.69, 9.17) is 0 Å². The van der Waals surface area contributed by atoms with Crippen molar-refractivity contribution in [3.63, 3.8) is 0 Å². The maximum Gasteiger partial charge on any atom is 0.317 e. The summed E-state index contributed by atoms with van der Waals surface area (Å²) in [7, 11) is 0. The van der Waals surface area contributed by atoms with Crippen molar-refractivity contribution in [1.29, 1.82) is 0 Å². The summed E-state index contributed by atoms with van der Waals surface area (Å²) >= 11 is 1.57. The maximum atomic E-state index is 14.1. The van der Waals surface area contributed by atoms with Crippen molar-refractivity contribution in [2.24, 2.45) is 5.41 Å². The van der Waals surface area contributed by atoms with Crippen LogP contribution in [0.1, 0.15) is 75.1 Å². The first-order chi connectivity index (χ1) is 26.7. The van der Waals surface area contributed by atoms with Gasteiger partial charge in [0.1, 0.15) is 12.1 Å². The summed E-state index contributed by atoms with van der Waals surface area (Å²) < 4.78 is 0. The van der Waals surface area contributed by atoms with Crippen molar-refractivity contribution in [3.8, 4) is 10.4 Å². The van der Waals surface area contributed by atoms with E-state index in [1.807, 2.05) is 83.5 Å². The first-order valence-corrected chi connectivity index (χ1v) is 20.0. The molecule has 2 fully saturated rings. The number of rotatable bonds is 13. The second kappa shape index (κ2) is 18.7. The van der Waals surface area contributed by atoms with Crippen LogP contribution in [0.15, 0.2) is 54.0 Å². The van der Waals surface area contributed by atoms with Crippen LogP contribution in [0, 0.1) is 12.3 Å². The number of hydrogen-bond donors (Lipinski definition) is 6. The summed E-state index contributed by atoms with van der Waals surface area (Å²) in [6, 6.07) is 12.5. The number of anilines is 1. The van der Waals surface area contributed by atoms with Crippen LogP contribution in [0.2, 0.25) is 0 Å². The molecule has 16 heteroatoms. The number of hydrogen-bond acceptors (Lipinski definition) is 10. The first kappa shape index (κ1) is 42.1. The molecule has 0 aliphatic carbocycles. The van der Waals surface area contributed by atoms with E-state index < -0.39 is 47.4 Å². The Bertz CT molecular complexity index is 1840. The molecule has 0 saturated carbocycles. The molecule has 2 aliphatic rings. The number of benzene rings is 2. The van der Waals surface area contributed by atoms with Gasteiger partial charge in [-0.3, -0.25) is 24.6 Å². The molecule has 56 heavy (non-hydrogen) atoms. The normalized spacial score (nSPS) is 18.2. The first-order valence-electron chi connectivity index (χ1n) is 19.2. The number of nitrogens with one attached hydrogen (secondary N) is 5. The van der Waals surface area contributed by atoms with Gasteiger partial charge in [0.25, 0.3) is 5.91 Å². The Morgan fingerprint density at radius 3 is 2.25 bits per heavy atom. The third-order valence-electron chi connectivity index (χ3n) is 10.1. The minimum absolute atomic E-state index is 0.0463. The molecule has 3 heterocycles. The molecule has 2 saturated heterocycles. The van der Waals surface area contributed by atoms with E-state index >= 15 is 0 Å². The van der Waals surface area contributed by atoms with Crippen molar-refractivity contribution >= 4 is 46.7 Å². The van der Waals surface area contributed by atoms with Crippen molar-refractivity contribution in [3.05, 3.63) is 70.9 Å². The van der Waals surface area contributed by atoms with Gasteiger partial charge in [-0.2, -0.15) is 0 Å². The molecular weight excluding hydrogens is 735 g/mol. The molecule has 302 valence electrons. The zero-order valence-corrected chi connectivity index (χ0v) is 33.9. The fourth-order valence-corrected chi connectivity index (χ4v) is 7.64. The molecule has 2 aromatic carbocycles. The summed E-state index contributed by atoms with van der Waals surface area (Å²) in [5, 5.41) is 19.1. The number of hydrazine groups is 1. The molecule has 2 aliphatic heterocycles. The molecule has 0 spiro atoms. The van der Waals surface area contributed by atoms with Crippen LogP contribution >= 0.6 is 11.3 Å². The fraction of sp³-hybridized carbons (Fsp3) is 0.500. The van der Waals surface area contributed by atoms with Crippen molar-refractivity contribution in [2.45, 2.75) is 78.6 Å². The fourth-order valence-electron chi connectivity index (χ4n) is 6.83. The Morgan fingerprint density at radius 2 is 1.64 bits per heavy atom. The van der Waals surface area contributed by atoms with Crippen molar-refractivity contribution < 1.29 is 29.1 Å². The van der Waals surface area contributed by atoms with Gasteiger partial charge in [0.15, 0.2) is 0 Å². The SMILES string of the molecule is CCCNNC(=O)c1ccc(N2CCN(C(=O)NCC(=O)N[C@H](C(=O)N3C[C@H](O)CC3C(=O)N[C@@H](C)c3ccc(-c4scnc4C)cc3)C(C)(C)C)CC2)cc1. The van der Waals surface area contributed by atoms with E-state index in [0.717, 1.165) is 33.8 Å². The Morgan fingerprint density at radius 1 is 0.964 bits per heavy atom. The minimum atomic E-state index is -1.03. The predicted molar refractivity (Wildman–Crippen MR) is 216 cm³/mol. The molecule has 6 amide bonds. The second-order valence-corrected chi connectivity index (χ2v) is 16.3. The lowest BCUT2D eigenvalue weighted by molar-refractivity contribution is -0.144. The topological polar surface area (TPSA) is 188 Å². The minimum Gasteiger partial charge on any atom is -0.391 e. The highest BCUT2D eigenvalue weighted by atomic mass is 32.1. The number of amides is 6. The lowest BCUT2D eigenvalue weighted by atomic mass is 9.85. The number of carbonyl (C=O) groups is 5. The zero-order valence-electron chi connectivity index (χ0n) is 33.1. The van der Waals surface area contributed by atoms with Crippen molar-refractivity contribution in [1.82, 2.24) is 41.6 Å². The monoisotopic (exact) mass is 789 g/mol. The largest absolute Gasteiger partial charge is 0.391 e. The molecule has 0 bridgehead atoms. The Hall–Kier alpha value is -5.06. The van der Waals surface area contributed by atoms with E-state index in [9.17, 15) is 29.1 Å². The van der Waals surface area contributed by atoms with Gasteiger partial charge in [0.2, 0.25) is 17.7 Å². The number of thiazole rings is 1. The molecule has 15 nitrogen and oxygen atoms in total. The van der Waals surface area contributed by atoms with E-state index in [1.54, 1.807) is 28.4 Å². The average Bonchev–Trinajstić information content (AvgIpc) is 3.80. The van der Waals surface area contributed by atoms with Gasteiger partial charge in [-0.15, -0.1) is 11.3 Å². The lowest BCUT2D eigenvalue weighted by Gasteiger charge is -2.36. The maximum absolute atomic E-state index is 14.1. The predicted octanol–water partition coefficient (Wildman–Crippen LogP) is 2.96. The Kier molecular flexibility index (Phi) is 14.1. The average molecular weight is 790 g/mol. The number of likely N-dealkylation sites (tertiary alicyclic amines) is 1. The number of β-amino-alcohol motifs (C(OH)–C–C–N with tert-alkyl or cyclic N) is 1. The zero-order chi connectivity index (χ0) is 40.6. The molecule has 1 aromatic heterocycles. The highest BCUT2D eigenvalue weighted by molar-refractivity contribution is 7.13. The Labute approximate surface area is 332 Å². The summed E-state index contributed by atoms with van der Waals surface area (Å²) in [5.74, 6) is -1.63. The summed E-state index contributed by atoms with van der Waals surface area (Å²) in [4.78, 5) is 76.7. The van der Waals surface area contributed by atoms with Gasteiger partial charge in [-0.1, -0.05) is 52.0 Å². The highest BCUT2D eigenvalue weighted by Gasteiger charge is 2.44. The van der Waals surface area contributed by atoms with Crippen LogP contribution in [-0.2, 0) is 14.4 Å². The number of aliphatic hydroxyl groups excluding tert-OH is 1. The van der Waals surface area contributed by atoms with Crippen LogP contribution in [-0.4, -0.2) is 114 Å². The third-order valence-corrected chi connectivity index (χ3v) is 11.1. The smallest absolute Gasteiger partial charge is 0.317 e. The van der Waals surface area contributed by atoms with E-state index in [0.29, 0.717) is 38.3 Å². The lowest BCUT2D eigenvalue weighted by Crippen LogP contribution is -2.59. The van der Waals surface area contributed by atoms with E-state index in [1.165, 1.54) is 4.90 Å². The molecular formula is C40H55N9O6S. The molecule has 6 N–H and O–H groups in total. The van der Waals surface area contributed by atoms with Gasteiger partial charge in [0.05, 0.1) is 34.8 Å². The highest BCUT2D eigenvalue weighted by Crippen LogP contribution is 2.29. The molecule has 1 unspecified atom stereocenters. The Balaban J connectivity index is 1.11. The molecule has 4 atom stereocenters. The van der Waals surface area contributed by atoms with Crippen LogP contribution in [0.3, 0.4) is 0 Å². The van der Waals surface area contributed by atoms with E-state index in [-0.39, 0.29) is 31.5 Å². The van der Waals surface area contributed by atoms with Gasteiger partial charge in [-0.25, -0.2) is 15.2 Å². The number of carbonyl (C=O) groups excluding carboxylic acids is 5. The number of aryl methyl sites for hydroxylation is 1. The second-order valence-electron chi connectivity index (χ2n) is 15.4. The van der Waals surface area contributed by atoms with Gasteiger partial charge in [-0.05, 0) is 61.1 Å². The van der Waals surface area contributed by atoms with Crippen LogP contribution < -0.4 is 31.7 Å². The number of piperazine rings is 1. The van der Waals surface area contributed by atoms with Crippen LogP contribution in [0.5, 0.6) is 0 Å². The van der Waals surface area contributed by atoms with Gasteiger partial charge < -0.3 is 35.8 Å². The molecule has 3 aromatic rings. The quantitative estimate of drug-likeness (QED) is 0.112. The van der Waals surface area contributed by atoms with Crippen LogP contribution in [0.4, 0.5) is 10.5 Å². The molecule has 5 rings (SSSR count). The number of nitrogens with zero attached hydrogens (tertiary/aromatic N) is 4. The summed E-state index contributed by atoms with van der Waals surface area (Å²) in [5.41, 5.74) is 11.0. The van der Waals surface area contributed by atoms with Gasteiger partial charge in [0, 0.05) is 56.9 Å². The number of aromatic nitrogens is 1. The number of urea groups is 1. The van der Waals surface area contributed by atoms with Gasteiger partial charge >= 0.3 is 6.03 Å². The number of aliphatic hydroxyl groups is 1. The molecule has 0 radical (unpaired) electrons.